The topological polar surface area (TPSA) is 163 Å². The Morgan fingerprint density at radius 3 is 2.44 bits per heavy atom. The van der Waals surface area contributed by atoms with E-state index in [2.05, 4.69) is 15.3 Å². The number of halogens is 1. The van der Waals surface area contributed by atoms with Crippen LogP contribution >= 0.6 is 11.6 Å². The van der Waals surface area contributed by atoms with Gasteiger partial charge in [0.2, 0.25) is 5.91 Å². The molecule has 9 nitrogen and oxygen atoms in total. The summed E-state index contributed by atoms with van der Waals surface area (Å²) in [6.07, 6.45) is 1.60. The van der Waals surface area contributed by atoms with E-state index in [0.29, 0.717) is 22.0 Å². The average Bonchev–Trinajstić information content (AvgIpc) is 2.92. The van der Waals surface area contributed by atoms with Crippen LogP contribution in [0.5, 0.6) is 0 Å². The van der Waals surface area contributed by atoms with Crippen LogP contribution in [0.15, 0.2) is 42.6 Å². The van der Waals surface area contributed by atoms with E-state index in [1.165, 1.54) is 0 Å². The summed E-state index contributed by atoms with van der Waals surface area (Å²) in [5.41, 5.74) is 1.94. The van der Waals surface area contributed by atoms with Crippen LogP contribution in [0.3, 0.4) is 0 Å². The molecule has 0 unspecified atom stereocenters. The number of carbonyl (C=O) groups excluding carboxylic acids is 2. The minimum atomic E-state index is -1.35. The second-order valence-corrected chi connectivity index (χ2v) is 5.46. The van der Waals surface area contributed by atoms with Crippen LogP contribution in [0.25, 0.3) is 22.6 Å². The maximum atomic E-state index is 12.0. The molecular weight excluding hydrogens is 403 g/mol. The van der Waals surface area contributed by atoms with Crippen LogP contribution < -0.4 is 61.8 Å². The molecule has 2 aromatic heterocycles. The number of imidazole rings is 1. The Morgan fingerprint density at radius 1 is 1.15 bits per heavy atom. The normalized spacial score (nSPS) is 9.52. The number of aromatic nitrogens is 3. The molecule has 2 heterocycles. The van der Waals surface area contributed by atoms with Crippen molar-refractivity contribution in [2.24, 2.45) is 0 Å². The number of rotatable bonds is 5. The monoisotopic (exact) mass is 418 g/mol. The van der Waals surface area contributed by atoms with E-state index in [9.17, 15) is 14.7 Å². The second-order valence-electron chi connectivity index (χ2n) is 5.02. The molecule has 0 aliphatic rings. The van der Waals surface area contributed by atoms with E-state index >= 15 is 0 Å². The van der Waals surface area contributed by atoms with Crippen LogP contribution in [-0.2, 0) is 16.1 Å². The zero-order valence-electron chi connectivity index (χ0n) is 14.4. The number of nitrogens with zero attached hydrogens (tertiary/aromatic N) is 3. The van der Waals surface area contributed by atoms with Gasteiger partial charge in [-0.15, -0.1) is 0 Å². The number of hydrogen-bond donors (Lipinski definition) is 1. The van der Waals surface area contributed by atoms with Gasteiger partial charge in [-0.25, -0.2) is 9.97 Å². The van der Waals surface area contributed by atoms with Gasteiger partial charge in [0.15, 0.2) is 5.65 Å². The molecule has 1 amide bonds. The van der Waals surface area contributed by atoms with Gasteiger partial charge in [-0.2, -0.15) is 0 Å². The summed E-state index contributed by atoms with van der Waals surface area (Å²) in [6, 6.07) is 10.6. The van der Waals surface area contributed by atoms with Crippen molar-refractivity contribution in [1.29, 1.82) is 0 Å². The number of fused-ring (bicyclic) bond motifs is 1. The first-order valence-electron chi connectivity index (χ1n) is 7.08. The molecule has 1 aromatic carbocycles. The summed E-state index contributed by atoms with van der Waals surface area (Å²) in [4.78, 5) is 31.2. The Morgan fingerprint density at radius 2 is 1.81 bits per heavy atom. The van der Waals surface area contributed by atoms with Gasteiger partial charge in [0.25, 0.3) is 0 Å². The van der Waals surface area contributed by atoms with Crippen molar-refractivity contribution in [2.45, 2.75) is 6.54 Å². The zero-order valence-corrected chi connectivity index (χ0v) is 18.3. The van der Waals surface area contributed by atoms with Crippen molar-refractivity contribution in [3.8, 4) is 11.4 Å². The molecule has 0 bridgehead atoms. The zero-order chi connectivity index (χ0) is 17.1. The number of nitrogens with one attached hydrogen (secondary N) is 1. The summed E-state index contributed by atoms with van der Waals surface area (Å²) < 4.78 is 1.63. The van der Waals surface area contributed by atoms with Crippen molar-refractivity contribution in [2.75, 3.05) is 6.54 Å². The van der Waals surface area contributed by atoms with Gasteiger partial charge >= 0.3 is 51.4 Å². The first-order valence-corrected chi connectivity index (χ1v) is 7.46. The van der Waals surface area contributed by atoms with E-state index in [0.717, 1.165) is 5.56 Å². The van der Waals surface area contributed by atoms with E-state index < -0.39 is 18.4 Å². The number of carboxylic acids is 1. The largest absolute Gasteiger partial charge is 1.00 e. The molecule has 0 saturated carbocycles. The molecule has 0 fully saturated rings. The predicted octanol–water partition coefficient (Wildman–Crippen LogP) is -4.03. The third-order valence-corrected chi connectivity index (χ3v) is 3.59. The third kappa shape index (κ3) is 6.33. The molecule has 0 saturated heterocycles. The minimum absolute atomic E-state index is 0. The van der Waals surface area contributed by atoms with Crippen LogP contribution in [0, 0.1) is 0 Å². The SMILES string of the molecule is O.O.O=C([O-])CNC(=O)Cn1c(-c2ccc(Cl)cc2)nc2cccnc21.[K+]. The number of aliphatic carboxylic acids is 1. The maximum Gasteiger partial charge on any atom is 1.00 e. The van der Waals surface area contributed by atoms with Crippen molar-refractivity contribution in [3.63, 3.8) is 0 Å². The van der Waals surface area contributed by atoms with E-state index in [1.807, 2.05) is 0 Å². The van der Waals surface area contributed by atoms with Gasteiger partial charge in [-0.05, 0) is 36.4 Å². The van der Waals surface area contributed by atoms with E-state index in [-0.39, 0.29) is 68.9 Å². The summed E-state index contributed by atoms with van der Waals surface area (Å²) in [5.74, 6) is -1.28. The molecule has 11 heteroatoms. The molecule has 3 aromatic rings. The fraction of sp³-hybridized carbons (Fsp3) is 0.125. The van der Waals surface area contributed by atoms with Crippen LogP contribution in [0.4, 0.5) is 0 Å². The molecule has 0 spiro atoms. The second kappa shape index (κ2) is 11.5. The van der Waals surface area contributed by atoms with Crippen LogP contribution in [0.1, 0.15) is 0 Å². The van der Waals surface area contributed by atoms with Gasteiger partial charge in [0.05, 0.1) is 12.5 Å². The summed E-state index contributed by atoms with van der Waals surface area (Å²) >= 11 is 5.91. The molecule has 0 aliphatic carbocycles. The average molecular weight is 419 g/mol. The predicted molar refractivity (Wildman–Crippen MR) is 93.2 cm³/mol. The number of pyridine rings is 1. The first kappa shape index (κ1) is 25.6. The molecule has 0 radical (unpaired) electrons. The van der Waals surface area contributed by atoms with Gasteiger partial charge in [0, 0.05) is 16.8 Å². The maximum absolute atomic E-state index is 12.0. The molecule has 27 heavy (non-hydrogen) atoms. The Labute approximate surface area is 201 Å². The quantitative estimate of drug-likeness (QED) is 0.416. The molecule has 5 N–H and O–H groups in total. The van der Waals surface area contributed by atoms with Crippen LogP contribution in [0.2, 0.25) is 5.02 Å². The summed E-state index contributed by atoms with van der Waals surface area (Å²) in [5, 5.41) is 13.3. The number of carboxylic acid groups (broad SMARTS) is 1. The summed E-state index contributed by atoms with van der Waals surface area (Å²) in [7, 11) is 0. The Kier molecular flexibility index (Phi) is 10.9. The number of carbonyl (C=O) groups is 2. The van der Waals surface area contributed by atoms with Crippen molar-refractivity contribution in [3.05, 3.63) is 47.6 Å². The van der Waals surface area contributed by atoms with E-state index in [4.69, 9.17) is 11.6 Å². The molecule has 138 valence electrons. The standard InChI is InChI=1S/C16H13ClN4O3.K.2H2O/c17-11-5-3-10(4-6-11)15-20-12-2-1-7-18-16(12)21(15)9-13(22)19-8-14(23)24;;;/h1-7H,8-9H2,(H,19,22)(H,23,24);;2*1H2/q;+1;;/p-1. The molecular formula is C16H16ClKN4O5. The third-order valence-electron chi connectivity index (χ3n) is 3.34. The fourth-order valence-corrected chi connectivity index (χ4v) is 2.42. The van der Waals surface area contributed by atoms with Crippen molar-refractivity contribution >= 4 is 34.6 Å². The number of amides is 1. The number of hydrogen-bond acceptors (Lipinski definition) is 5. The smallest absolute Gasteiger partial charge is 0.548 e. The molecule has 0 atom stereocenters. The number of benzene rings is 1. The van der Waals surface area contributed by atoms with Crippen molar-refractivity contribution in [1.82, 2.24) is 19.9 Å². The van der Waals surface area contributed by atoms with Gasteiger partial charge in [-0.1, -0.05) is 11.6 Å². The Hall–Kier alpha value is -1.37. The summed E-state index contributed by atoms with van der Waals surface area (Å²) in [6.45, 7) is -0.659. The first-order chi connectivity index (χ1) is 11.5. The molecule has 0 aliphatic heterocycles. The Bertz CT molecular complexity index is 917. The Balaban J connectivity index is 0.00000225. The van der Waals surface area contributed by atoms with Crippen LogP contribution in [-0.4, -0.2) is 43.9 Å². The fourth-order valence-electron chi connectivity index (χ4n) is 2.30. The van der Waals surface area contributed by atoms with Crippen molar-refractivity contribution < 1.29 is 77.0 Å². The molecule has 3 rings (SSSR count). The van der Waals surface area contributed by atoms with Gasteiger partial charge in [-0.3, -0.25) is 9.36 Å². The van der Waals surface area contributed by atoms with E-state index in [1.54, 1.807) is 47.2 Å². The van der Waals surface area contributed by atoms with Gasteiger partial charge in [0.1, 0.15) is 17.9 Å². The minimum Gasteiger partial charge on any atom is -0.548 e. The van der Waals surface area contributed by atoms with Gasteiger partial charge < -0.3 is 26.2 Å².